The molecule has 0 fully saturated rings. The Hall–Kier alpha value is -2.40. The molecule has 0 aliphatic heterocycles. The normalized spacial score (nSPS) is 12.8. The molecule has 0 saturated carbocycles. The zero-order valence-electron chi connectivity index (χ0n) is 10.7. The first kappa shape index (κ1) is 13.0. The predicted octanol–water partition coefficient (Wildman–Crippen LogP) is 2.07. The van der Waals surface area contributed by atoms with Crippen LogP contribution in [0, 0.1) is 0 Å². The summed E-state index contributed by atoms with van der Waals surface area (Å²) in [7, 11) is 0. The lowest BCUT2D eigenvalue weighted by Gasteiger charge is -2.12. The molecule has 5 heteroatoms. The van der Waals surface area contributed by atoms with E-state index in [1.807, 2.05) is 55.5 Å². The highest BCUT2D eigenvalue weighted by Crippen LogP contribution is 2.13. The zero-order valence-corrected chi connectivity index (χ0v) is 10.7. The molecule has 0 saturated heterocycles. The van der Waals surface area contributed by atoms with Gasteiger partial charge in [-0.2, -0.15) is 0 Å². The largest absolute Gasteiger partial charge is 0.325 e. The number of hydrogen-bond donors (Lipinski definition) is 3. The topological polar surface area (TPSA) is 75.3 Å². The van der Waals surface area contributed by atoms with Crippen LogP contribution < -0.4 is 16.6 Å². The maximum absolute atomic E-state index is 5.48. The first-order valence-corrected chi connectivity index (χ1v) is 6.07. The Balaban J connectivity index is 2.11. The van der Waals surface area contributed by atoms with Gasteiger partial charge in [-0.05, 0) is 31.2 Å². The highest BCUT2D eigenvalue weighted by atomic mass is 15.3. The van der Waals surface area contributed by atoms with Crippen LogP contribution in [0.4, 0.5) is 5.69 Å². The average Bonchev–Trinajstić information content (AvgIpc) is 2.48. The summed E-state index contributed by atoms with van der Waals surface area (Å²) in [6.45, 7) is 1.96. The number of nitrogens with two attached hydrogens (primary N) is 1. The van der Waals surface area contributed by atoms with E-state index in [0.29, 0.717) is 5.96 Å². The molecule has 0 bridgehead atoms. The van der Waals surface area contributed by atoms with Crippen LogP contribution in [0.15, 0.2) is 59.7 Å². The van der Waals surface area contributed by atoms with Crippen molar-refractivity contribution in [1.29, 1.82) is 0 Å². The first-order chi connectivity index (χ1) is 9.29. The minimum atomic E-state index is -0.0801. The van der Waals surface area contributed by atoms with Crippen molar-refractivity contribution in [3.63, 3.8) is 0 Å². The lowest BCUT2D eigenvalue weighted by molar-refractivity contribution is 0.771. The molecular weight excluding hydrogens is 238 g/mol. The molecule has 1 aromatic carbocycles. The van der Waals surface area contributed by atoms with Crippen LogP contribution in [0.5, 0.6) is 0 Å². The number of hydrogen-bond acceptors (Lipinski definition) is 3. The average molecular weight is 255 g/mol. The van der Waals surface area contributed by atoms with E-state index < -0.39 is 0 Å². The predicted molar refractivity (Wildman–Crippen MR) is 77.5 cm³/mol. The number of nitrogens with one attached hydrogen (secondary N) is 2. The second-order valence-electron chi connectivity index (χ2n) is 4.04. The fourth-order valence-corrected chi connectivity index (χ4v) is 1.65. The van der Waals surface area contributed by atoms with Crippen molar-refractivity contribution in [1.82, 2.24) is 10.4 Å². The third kappa shape index (κ3) is 3.79. The van der Waals surface area contributed by atoms with E-state index in [1.165, 1.54) is 0 Å². The number of guanidine groups is 1. The van der Waals surface area contributed by atoms with Crippen molar-refractivity contribution in [2.45, 2.75) is 13.0 Å². The fourth-order valence-electron chi connectivity index (χ4n) is 1.65. The number of hydrazine groups is 1. The molecule has 0 aliphatic carbocycles. The van der Waals surface area contributed by atoms with E-state index in [-0.39, 0.29) is 6.04 Å². The minimum absolute atomic E-state index is 0.0801. The third-order valence-electron chi connectivity index (χ3n) is 2.61. The molecule has 0 amide bonds. The van der Waals surface area contributed by atoms with Crippen molar-refractivity contribution in [2.75, 3.05) is 5.32 Å². The zero-order chi connectivity index (χ0) is 13.5. The highest BCUT2D eigenvalue weighted by Gasteiger charge is 2.06. The fraction of sp³-hybridized carbons (Fsp3) is 0.143. The van der Waals surface area contributed by atoms with Crippen LogP contribution in [-0.2, 0) is 0 Å². The molecule has 5 nitrogen and oxygen atoms in total. The molecule has 0 radical (unpaired) electrons. The Morgan fingerprint density at radius 3 is 2.53 bits per heavy atom. The molecule has 1 aromatic heterocycles. The van der Waals surface area contributed by atoms with Crippen LogP contribution in [0.25, 0.3) is 0 Å². The molecule has 19 heavy (non-hydrogen) atoms. The minimum Gasteiger partial charge on any atom is -0.325 e. The molecule has 0 aliphatic rings. The lowest BCUT2D eigenvalue weighted by Crippen LogP contribution is -2.36. The van der Waals surface area contributed by atoms with Crippen molar-refractivity contribution in [2.24, 2.45) is 10.8 Å². The van der Waals surface area contributed by atoms with Crippen molar-refractivity contribution < 1.29 is 0 Å². The van der Waals surface area contributed by atoms with E-state index in [0.717, 1.165) is 11.4 Å². The van der Waals surface area contributed by atoms with Crippen LogP contribution in [0.3, 0.4) is 0 Å². The highest BCUT2D eigenvalue weighted by molar-refractivity contribution is 5.93. The second kappa shape index (κ2) is 6.51. The summed E-state index contributed by atoms with van der Waals surface area (Å²) in [4.78, 5) is 8.74. The van der Waals surface area contributed by atoms with E-state index in [1.54, 1.807) is 6.20 Å². The summed E-state index contributed by atoms with van der Waals surface area (Å²) in [5.74, 6) is 5.99. The summed E-state index contributed by atoms with van der Waals surface area (Å²) >= 11 is 0. The number of rotatable bonds is 3. The standard InChI is InChI=1S/C14H17N5/c1-11(13-9-5-6-10-16-13)17-14(19-15)18-12-7-3-2-4-8-12/h2-11H,15H2,1H3,(H2,17,18,19). The molecule has 1 unspecified atom stereocenters. The van der Waals surface area contributed by atoms with Crippen molar-refractivity contribution in [3.8, 4) is 0 Å². The number of nitrogens with zero attached hydrogens (tertiary/aromatic N) is 2. The summed E-state index contributed by atoms with van der Waals surface area (Å²) in [6.07, 6.45) is 1.75. The van der Waals surface area contributed by atoms with Gasteiger partial charge in [0, 0.05) is 11.9 Å². The van der Waals surface area contributed by atoms with Crippen LogP contribution in [0.2, 0.25) is 0 Å². The molecule has 0 spiro atoms. The Labute approximate surface area is 112 Å². The van der Waals surface area contributed by atoms with Gasteiger partial charge in [-0.25, -0.2) is 10.8 Å². The molecule has 1 heterocycles. The molecule has 2 rings (SSSR count). The van der Waals surface area contributed by atoms with E-state index in [4.69, 9.17) is 5.84 Å². The number of benzene rings is 1. The Kier molecular flexibility index (Phi) is 4.47. The summed E-state index contributed by atoms with van der Waals surface area (Å²) in [6, 6.07) is 15.4. The lowest BCUT2D eigenvalue weighted by atomic mass is 10.2. The van der Waals surface area contributed by atoms with Gasteiger partial charge in [0.05, 0.1) is 11.7 Å². The van der Waals surface area contributed by atoms with Gasteiger partial charge in [0.2, 0.25) is 5.96 Å². The van der Waals surface area contributed by atoms with E-state index in [9.17, 15) is 0 Å². The number of anilines is 1. The molecular formula is C14H17N5. The number of para-hydroxylation sites is 1. The van der Waals surface area contributed by atoms with Gasteiger partial charge >= 0.3 is 0 Å². The quantitative estimate of drug-likeness (QED) is 0.340. The Bertz CT molecular complexity index is 524. The maximum Gasteiger partial charge on any atom is 0.210 e. The maximum atomic E-state index is 5.48. The molecule has 4 N–H and O–H groups in total. The SMILES string of the molecule is CC(N=C(NN)Nc1ccccc1)c1ccccn1. The van der Waals surface area contributed by atoms with E-state index >= 15 is 0 Å². The van der Waals surface area contributed by atoms with Crippen LogP contribution in [0.1, 0.15) is 18.7 Å². The van der Waals surface area contributed by atoms with Crippen LogP contribution >= 0.6 is 0 Å². The Morgan fingerprint density at radius 1 is 1.16 bits per heavy atom. The van der Waals surface area contributed by atoms with Gasteiger partial charge < -0.3 is 5.32 Å². The second-order valence-corrected chi connectivity index (χ2v) is 4.04. The van der Waals surface area contributed by atoms with Crippen LogP contribution in [-0.4, -0.2) is 10.9 Å². The number of aromatic nitrogens is 1. The van der Waals surface area contributed by atoms with Crippen molar-refractivity contribution in [3.05, 3.63) is 60.4 Å². The molecule has 1 atom stereocenters. The van der Waals surface area contributed by atoms with Crippen molar-refractivity contribution >= 4 is 11.6 Å². The smallest absolute Gasteiger partial charge is 0.210 e. The summed E-state index contributed by atoms with van der Waals surface area (Å²) in [5.41, 5.74) is 4.38. The first-order valence-electron chi connectivity index (χ1n) is 6.07. The van der Waals surface area contributed by atoms with Gasteiger partial charge in [-0.3, -0.25) is 10.4 Å². The number of pyridine rings is 1. The van der Waals surface area contributed by atoms with Gasteiger partial charge in [-0.15, -0.1) is 0 Å². The van der Waals surface area contributed by atoms with E-state index in [2.05, 4.69) is 20.7 Å². The molecule has 2 aromatic rings. The Morgan fingerprint density at radius 2 is 1.89 bits per heavy atom. The summed E-state index contributed by atoms with van der Waals surface area (Å²) < 4.78 is 0. The van der Waals surface area contributed by atoms with Gasteiger partial charge in [0.15, 0.2) is 0 Å². The van der Waals surface area contributed by atoms with Gasteiger partial charge in [0.25, 0.3) is 0 Å². The number of aliphatic imine (C=N–C) groups is 1. The van der Waals surface area contributed by atoms with Gasteiger partial charge in [0.1, 0.15) is 0 Å². The monoisotopic (exact) mass is 255 g/mol. The van der Waals surface area contributed by atoms with Gasteiger partial charge in [-0.1, -0.05) is 24.3 Å². The molecule has 98 valence electrons. The summed E-state index contributed by atoms with van der Waals surface area (Å²) in [5, 5.41) is 3.12. The third-order valence-corrected chi connectivity index (χ3v) is 2.61.